The van der Waals surface area contributed by atoms with E-state index < -0.39 is 11.4 Å². The van der Waals surface area contributed by atoms with Crippen molar-refractivity contribution in [1.82, 2.24) is 0 Å². The zero-order valence-electron chi connectivity index (χ0n) is 12.6. The molecule has 120 valence electrons. The summed E-state index contributed by atoms with van der Waals surface area (Å²) in [5.41, 5.74) is -0.667. The number of aliphatic hydroxyl groups excluding tert-OH is 3. The Morgan fingerprint density at radius 1 is 0.950 bits per heavy atom. The summed E-state index contributed by atoms with van der Waals surface area (Å²) in [5, 5.41) is 33.6. The summed E-state index contributed by atoms with van der Waals surface area (Å²) in [7, 11) is 0. The van der Waals surface area contributed by atoms with E-state index >= 15 is 0 Å². The van der Waals surface area contributed by atoms with Crippen LogP contribution >= 0.6 is 0 Å². The molecule has 0 aliphatic rings. The summed E-state index contributed by atoms with van der Waals surface area (Å²) in [4.78, 5) is 9.25. The van der Waals surface area contributed by atoms with E-state index in [9.17, 15) is 4.79 Å². The van der Waals surface area contributed by atoms with Crippen LogP contribution in [0.1, 0.15) is 13.3 Å². The Kier molecular flexibility index (Phi) is 47.1. The Hall–Kier alpha value is -1.69. The predicted octanol–water partition coefficient (Wildman–Crippen LogP) is 2.02. The van der Waals surface area contributed by atoms with Gasteiger partial charge in [0.2, 0.25) is 0 Å². The average molecular weight is 290 g/mol. The Labute approximate surface area is 122 Å². The SMILES string of the molecule is C=C.C=C.C=C.C=CC(=O)O.CCC(CO)(CO)CO. The molecule has 5 nitrogen and oxygen atoms in total. The number of aliphatic hydroxyl groups is 3. The van der Waals surface area contributed by atoms with Gasteiger partial charge in [-0.3, -0.25) is 0 Å². The molecule has 0 unspecified atom stereocenters. The fourth-order valence-corrected chi connectivity index (χ4v) is 0.485. The van der Waals surface area contributed by atoms with Gasteiger partial charge in [0.25, 0.3) is 0 Å². The highest BCUT2D eigenvalue weighted by atomic mass is 16.4. The molecular formula is C15H30O5. The normalized spacial score (nSPS) is 7.60. The van der Waals surface area contributed by atoms with Crippen molar-refractivity contribution >= 4 is 5.97 Å². The van der Waals surface area contributed by atoms with Crippen LogP contribution in [0.5, 0.6) is 0 Å². The molecule has 0 bridgehead atoms. The van der Waals surface area contributed by atoms with Gasteiger partial charge < -0.3 is 20.4 Å². The van der Waals surface area contributed by atoms with Crippen LogP contribution in [-0.2, 0) is 4.79 Å². The van der Waals surface area contributed by atoms with Gasteiger partial charge in [0.15, 0.2) is 0 Å². The molecule has 0 heterocycles. The van der Waals surface area contributed by atoms with Crippen LogP contribution in [0.25, 0.3) is 0 Å². The lowest BCUT2D eigenvalue weighted by Crippen LogP contribution is -2.32. The first kappa shape index (κ1) is 31.0. The molecule has 0 atom stereocenters. The number of hydrogen-bond acceptors (Lipinski definition) is 4. The van der Waals surface area contributed by atoms with E-state index in [-0.39, 0.29) is 19.8 Å². The lowest BCUT2D eigenvalue weighted by molar-refractivity contribution is -0.131. The molecule has 4 N–H and O–H groups in total. The maximum atomic E-state index is 9.25. The van der Waals surface area contributed by atoms with Crippen LogP contribution in [0.3, 0.4) is 0 Å². The molecule has 0 spiro atoms. The highest BCUT2D eigenvalue weighted by molar-refractivity contribution is 5.78. The van der Waals surface area contributed by atoms with Crippen LogP contribution in [-0.4, -0.2) is 46.2 Å². The molecule has 0 aromatic carbocycles. The molecule has 5 heteroatoms. The first-order valence-corrected chi connectivity index (χ1v) is 5.69. The van der Waals surface area contributed by atoms with Gasteiger partial charge in [0.05, 0.1) is 19.8 Å². The molecule has 0 amide bonds. The average Bonchev–Trinajstić information content (AvgIpc) is 2.56. The van der Waals surface area contributed by atoms with E-state index in [1.807, 2.05) is 6.92 Å². The van der Waals surface area contributed by atoms with Crippen molar-refractivity contribution in [3.05, 3.63) is 52.1 Å². The van der Waals surface area contributed by atoms with Crippen molar-refractivity contribution in [2.75, 3.05) is 19.8 Å². The van der Waals surface area contributed by atoms with Gasteiger partial charge in [-0.25, -0.2) is 4.79 Å². The number of hydrogen-bond donors (Lipinski definition) is 4. The molecule has 0 saturated heterocycles. The summed E-state index contributed by atoms with van der Waals surface area (Å²) >= 11 is 0. The van der Waals surface area contributed by atoms with Crippen molar-refractivity contribution in [2.45, 2.75) is 13.3 Å². The Morgan fingerprint density at radius 2 is 1.15 bits per heavy atom. The maximum Gasteiger partial charge on any atom is 0.327 e. The fourth-order valence-electron chi connectivity index (χ4n) is 0.485. The van der Waals surface area contributed by atoms with E-state index in [0.29, 0.717) is 6.42 Å². The minimum absolute atomic E-state index is 0.156. The summed E-state index contributed by atoms with van der Waals surface area (Å²) in [6.45, 7) is 22.3. The van der Waals surface area contributed by atoms with Gasteiger partial charge >= 0.3 is 5.97 Å². The van der Waals surface area contributed by atoms with Crippen molar-refractivity contribution in [3.63, 3.8) is 0 Å². The predicted molar refractivity (Wildman–Crippen MR) is 85.6 cm³/mol. The zero-order chi connectivity index (χ0) is 17.6. The smallest absolute Gasteiger partial charge is 0.327 e. The van der Waals surface area contributed by atoms with E-state index in [4.69, 9.17) is 20.4 Å². The summed E-state index contributed by atoms with van der Waals surface area (Å²) in [6, 6.07) is 0. The largest absolute Gasteiger partial charge is 0.478 e. The number of carboxylic acid groups (broad SMARTS) is 1. The number of rotatable bonds is 5. The molecule has 0 aromatic rings. The summed E-state index contributed by atoms with van der Waals surface area (Å²) < 4.78 is 0. The Morgan fingerprint density at radius 3 is 1.15 bits per heavy atom. The van der Waals surface area contributed by atoms with Crippen LogP contribution < -0.4 is 0 Å². The van der Waals surface area contributed by atoms with E-state index in [2.05, 4.69) is 46.1 Å². The third-order valence-electron chi connectivity index (χ3n) is 1.93. The van der Waals surface area contributed by atoms with Gasteiger partial charge in [-0.05, 0) is 6.42 Å². The quantitative estimate of drug-likeness (QED) is 0.459. The molecule has 0 aliphatic carbocycles. The Bertz CT molecular complexity index is 178. The number of aliphatic carboxylic acids is 1. The third-order valence-corrected chi connectivity index (χ3v) is 1.93. The molecule has 0 radical (unpaired) electrons. The highest BCUT2D eigenvalue weighted by Crippen LogP contribution is 2.18. The number of carbonyl (C=O) groups is 1. The van der Waals surface area contributed by atoms with Crippen molar-refractivity contribution < 1.29 is 25.2 Å². The number of carboxylic acids is 1. The molecule has 0 aromatic heterocycles. The van der Waals surface area contributed by atoms with Crippen LogP contribution in [0.2, 0.25) is 0 Å². The van der Waals surface area contributed by atoms with Gasteiger partial charge in [-0.2, -0.15) is 0 Å². The van der Waals surface area contributed by atoms with Gasteiger partial charge in [0.1, 0.15) is 0 Å². The molecule has 0 saturated carbocycles. The maximum absolute atomic E-state index is 9.25. The second kappa shape index (κ2) is 30.4. The standard InChI is InChI=1S/C6H14O3.C3H4O2.3C2H4/c1-2-6(3-7,4-8)5-9;1-2-3(4)5;3*1-2/h7-9H,2-5H2,1H3;2H,1H2,(H,4,5);3*1-2H2. The van der Waals surface area contributed by atoms with Crippen molar-refractivity contribution in [2.24, 2.45) is 5.41 Å². The minimum Gasteiger partial charge on any atom is -0.478 e. The molecular weight excluding hydrogens is 260 g/mol. The molecule has 0 fully saturated rings. The monoisotopic (exact) mass is 290 g/mol. The lowest BCUT2D eigenvalue weighted by atomic mass is 9.88. The van der Waals surface area contributed by atoms with Gasteiger partial charge in [-0.15, -0.1) is 39.5 Å². The fraction of sp³-hybridized carbons (Fsp3) is 0.400. The summed E-state index contributed by atoms with van der Waals surface area (Å²) in [5.74, 6) is -0.981. The minimum atomic E-state index is -0.981. The van der Waals surface area contributed by atoms with Crippen molar-refractivity contribution in [1.29, 1.82) is 0 Å². The zero-order valence-corrected chi connectivity index (χ0v) is 12.6. The molecule has 0 aliphatic heterocycles. The third kappa shape index (κ3) is 25.2. The Balaban J connectivity index is -0.0000000580. The van der Waals surface area contributed by atoms with Gasteiger partial charge in [0, 0.05) is 11.5 Å². The van der Waals surface area contributed by atoms with E-state index in [1.54, 1.807) is 0 Å². The van der Waals surface area contributed by atoms with Crippen LogP contribution in [0.4, 0.5) is 0 Å². The summed E-state index contributed by atoms with van der Waals surface area (Å²) in [6.07, 6.45) is 1.43. The first-order chi connectivity index (χ1) is 9.51. The van der Waals surface area contributed by atoms with Crippen molar-refractivity contribution in [3.8, 4) is 0 Å². The van der Waals surface area contributed by atoms with E-state index in [1.165, 1.54) is 0 Å². The van der Waals surface area contributed by atoms with E-state index in [0.717, 1.165) is 6.08 Å². The first-order valence-electron chi connectivity index (χ1n) is 5.69. The topological polar surface area (TPSA) is 98.0 Å². The lowest BCUT2D eigenvalue weighted by Gasteiger charge is -2.24. The molecule has 0 rings (SSSR count). The van der Waals surface area contributed by atoms with Crippen LogP contribution in [0, 0.1) is 5.41 Å². The van der Waals surface area contributed by atoms with Gasteiger partial charge in [-0.1, -0.05) is 13.5 Å². The second-order valence-electron chi connectivity index (χ2n) is 2.87. The second-order valence-corrected chi connectivity index (χ2v) is 2.87. The van der Waals surface area contributed by atoms with Crippen LogP contribution in [0.15, 0.2) is 52.1 Å². The highest BCUT2D eigenvalue weighted by Gasteiger charge is 2.24. The molecule has 20 heavy (non-hydrogen) atoms.